The van der Waals surface area contributed by atoms with Crippen molar-refractivity contribution in [1.82, 2.24) is 4.90 Å². The molecule has 1 amide bonds. The predicted molar refractivity (Wildman–Crippen MR) is 116 cm³/mol. The summed E-state index contributed by atoms with van der Waals surface area (Å²) >= 11 is 3.42. The number of hydrogen-bond donors (Lipinski definition) is 1. The summed E-state index contributed by atoms with van der Waals surface area (Å²) in [6.07, 6.45) is 0.659. The van der Waals surface area contributed by atoms with Gasteiger partial charge in [0.05, 0.1) is 11.6 Å². The van der Waals surface area contributed by atoms with Crippen LogP contribution in [0.3, 0.4) is 0 Å². The largest absolute Gasteiger partial charge is 0.507 e. The lowest BCUT2D eigenvalue weighted by atomic mass is 9.95. The number of aryl methyl sites for hydroxylation is 1. The summed E-state index contributed by atoms with van der Waals surface area (Å²) < 4.78 is 5.94. The van der Waals surface area contributed by atoms with Crippen LogP contribution in [0.2, 0.25) is 0 Å². The molecule has 0 saturated carbocycles. The number of rotatable bonds is 5. The Bertz CT molecular complexity index is 1040. The Morgan fingerprint density at radius 2 is 1.83 bits per heavy atom. The normalized spacial score (nSPS) is 18.0. The van der Waals surface area contributed by atoms with E-state index < -0.39 is 23.7 Å². The van der Waals surface area contributed by atoms with Gasteiger partial charge in [0.15, 0.2) is 0 Å². The van der Waals surface area contributed by atoms with Crippen molar-refractivity contribution >= 4 is 39.3 Å². The van der Waals surface area contributed by atoms with Crippen molar-refractivity contribution in [3.63, 3.8) is 0 Å². The van der Waals surface area contributed by atoms with E-state index in [2.05, 4.69) is 15.9 Å². The van der Waals surface area contributed by atoms with Crippen LogP contribution in [0.5, 0.6) is 5.75 Å². The van der Waals surface area contributed by atoms with Crippen molar-refractivity contribution in [3.05, 3.63) is 69.2 Å². The van der Waals surface area contributed by atoms with E-state index in [9.17, 15) is 19.5 Å². The van der Waals surface area contributed by atoms with Gasteiger partial charge in [-0.2, -0.15) is 0 Å². The number of ether oxygens (including phenoxy) is 1. The molecule has 1 fully saturated rings. The van der Waals surface area contributed by atoms with Crippen LogP contribution in [0.1, 0.15) is 43.0 Å². The molecule has 1 aliphatic heterocycles. The van der Waals surface area contributed by atoms with Gasteiger partial charge in [0, 0.05) is 23.5 Å². The van der Waals surface area contributed by atoms with Crippen LogP contribution in [0, 0.1) is 6.92 Å². The number of carbonyl (C=O) groups excluding carboxylic acids is 3. The van der Waals surface area contributed by atoms with E-state index in [1.165, 1.54) is 11.8 Å². The van der Waals surface area contributed by atoms with Crippen LogP contribution in [-0.2, 0) is 14.4 Å². The number of benzene rings is 2. The molecule has 0 bridgehead atoms. The van der Waals surface area contributed by atoms with Crippen LogP contribution >= 0.6 is 15.9 Å². The van der Waals surface area contributed by atoms with Crippen LogP contribution in [-0.4, -0.2) is 34.2 Å². The van der Waals surface area contributed by atoms with Crippen molar-refractivity contribution in [2.45, 2.75) is 33.2 Å². The summed E-state index contributed by atoms with van der Waals surface area (Å²) in [6.45, 7) is 5.47. The highest BCUT2D eigenvalue weighted by molar-refractivity contribution is 9.10. The lowest BCUT2D eigenvalue weighted by Gasteiger charge is -2.25. The zero-order valence-corrected chi connectivity index (χ0v) is 18.5. The van der Waals surface area contributed by atoms with Crippen molar-refractivity contribution in [1.29, 1.82) is 0 Å². The summed E-state index contributed by atoms with van der Waals surface area (Å²) in [4.78, 5) is 38.2. The van der Waals surface area contributed by atoms with Gasteiger partial charge in [0.2, 0.25) is 0 Å². The molecule has 1 aliphatic rings. The molecule has 1 unspecified atom stereocenters. The van der Waals surface area contributed by atoms with Crippen molar-refractivity contribution < 1.29 is 24.2 Å². The Morgan fingerprint density at radius 3 is 2.40 bits per heavy atom. The molecule has 0 aliphatic carbocycles. The first-order chi connectivity index (χ1) is 14.2. The molecule has 1 saturated heterocycles. The molecule has 1 N–H and O–H groups in total. The molecule has 30 heavy (non-hydrogen) atoms. The maximum absolute atomic E-state index is 12.9. The fourth-order valence-electron chi connectivity index (χ4n) is 3.53. The first kappa shape index (κ1) is 21.8. The number of nitrogens with zero attached hydrogens (tertiary/aromatic N) is 1. The number of esters is 1. The van der Waals surface area contributed by atoms with Gasteiger partial charge in [0.1, 0.15) is 11.5 Å². The molecule has 2 aromatic rings. The Balaban J connectivity index is 2.13. The number of halogens is 1. The third kappa shape index (κ3) is 4.16. The molecule has 0 radical (unpaired) electrons. The van der Waals surface area contributed by atoms with E-state index in [1.54, 1.807) is 42.5 Å². The number of Topliss-reactive ketones (excluding diaryl/α,β-unsaturated/α-hetero) is 1. The van der Waals surface area contributed by atoms with Crippen LogP contribution in [0.4, 0.5) is 0 Å². The molecule has 3 rings (SSSR count). The van der Waals surface area contributed by atoms with Gasteiger partial charge < -0.3 is 14.7 Å². The number of aliphatic hydroxyl groups is 1. The van der Waals surface area contributed by atoms with Crippen LogP contribution in [0.15, 0.2) is 52.5 Å². The number of carbonyl (C=O) groups is 3. The number of likely N-dealkylation sites (tertiary alicyclic amines) is 1. The molecule has 0 aromatic heterocycles. The van der Waals surface area contributed by atoms with E-state index in [0.717, 1.165) is 10.0 Å². The van der Waals surface area contributed by atoms with Gasteiger partial charge in [-0.15, -0.1) is 0 Å². The SMILES string of the molecule is CCCN1C(=O)C(=O)/C(=C(\O)c2ccc(Br)c(C)c2)C1c1ccc(OC(C)=O)cc1. The second kappa shape index (κ2) is 8.83. The standard InChI is InChI=1S/C23H22BrNO5/c1-4-11-25-20(15-5-8-17(9-6-15)30-14(3)26)19(22(28)23(25)29)21(27)16-7-10-18(24)13(2)12-16/h5-10,12,20,27H,4,11H2,1-3H3/b21-19-. The van der Waals surface area contributed by atoms with Crippen LogP contribution < -0.4 is 4.74 Å². The zero-order valence-electron chi connectivity index (χ0n) is 16.9. The number of ketones is 1. The average Bonchev–Trinajstić information content (AvgIpc) is 2.95. The van der Waals surface area contributed by atoms with E-state index >= 15 is 0 Å². The lowest BCUT2D eigenvalue weighted by Crippen LogP contribution is -2.30. The van der Waals surface area contributed by atoms with Crippen LogP contribution in [0.25, 0.3) is 5.76 Å². The summed E-state index contributed by atoms with van der Waals surface area (Å²) in [5.41, 5.74) is 2.06. The quantitative estimate of drug-likeness (QED) is 0.228. The molecular weight excluding hydrogens is 450 g/mol. The number of aliphatic hydroxyl groups excluding tert-OH is 1. The van der Waals surface area contributed by atoms with Gasteiger partial charge in [-0.3, -0.25) is 14.4 Å². The Hall–Kier alpha value is -2.93. The van der Waals surface area contributed by atoms with Gasteiger partial charge in [-0.25, -0.2) is 0 Å². The smallest absolute Gasteiger partial charge is 0.308 e. The Labute approximate surface area is 183 Å². The minimum Gasteiger partial charge on any atom is -0.507 e. The molecular formula is C23H22BrNO5. The highest BCUT2D eigenvalue weighted by atomic mass is 79.9. The van der Waals surface area contributed by atoms with Gasteiger partial charge in [-0.05, 0) is 48.7 Å². The Morgan fingerprint density at radius 1 is 1.17 bits per heavy atom. The summed E-state index contributed by atoms with van der Waals surface area (Å²) in [5, 5.41) is 11.0. The van der Waals surface area contributed by atoms with Crippen molar-refractivity contribution in [3.8, 4) is 5.75 Å². The molecule has 0 spiro atoms. The molecule has 1 atom stereocenters. The summed E-state index contributed by atoms with van der Waals surface area (Å²) in [7, 11) is 0. The molecule has 1 heterocycles. The Kier molecular flexibility index (Phi) is 6.41. The number of hydrogen-bond acceptors (Lipinski definition) is 5. The summed E-state index contributed by atoms with van der Waals surface area (Å²) in [6, 6.07) is 11.1. The fourth-order valence-corrected chi connectivity index (χ4v) is 3.78. The fraction of sp³-hybridized carbons (Fsp3) is 0.261. The number of amides is 1. The first-order valence-electron chi connectivity index (χ1n) is 9.58. The minimum absolute atomic E-state index is 0.0513. The van der Waals surface area contributed by atoms with Gasteiger partial charge >= 0.3 is 5.97 Å². The first-order valence-corrected chi connectivity index (χ1v) is 10.4. The monoisotopic (exact) mass is 471 g/mol. The highest BCUT2D eigenvalue weighted by Crippen LogP contribution is 2.40. The predicted octanol–water partition coefficient (Wildman–Crippen LogP) is 4.51. The second-order valence-electron chi connectivity index (χ2n) is 7.12. The molecule has 156 valence electrons. The van der Waals surface area contributed by atoms with E-state index in [0.29, 0.717) is 29.8 Å². The topological polar surface area (TPSA) is 83.9 Å². The molecule has 6 nitrogen and oxygen atoms in total. The third-order valence-electron chi connectivity index (χ3n) is 4.89. The minimum atomic E-state index is -0.722. The van der Waals surface area contributed by atoms with Gasteiger partial charge in [0.25, 0.3) is 11.7 Å². The van der Waals surface area contributed by atoms with E-state index in [1.807, 2.05) is 13.8 Å². The van der Waals surface area contributed by atoms with Crippen molar-refractivity contribution in [2.75, 3.05) is 6.54 Å². The highest BCUT2D eigenvalue weighted by Gasteiger charge is 2.45. The van der Waals surface area contributed by atoms with Crippen molar-refractivity contribution in [2.24, 2.45) is 0 Å². The second-order valence-corrected chi connectivity index (χ2v) is 7.97. The average molecular weight is 472 g/mol. The van der Waals surface area contributed by atoms with E-state index in [-0.39, 0.29) is 11.3 Å². The maximum atomic E-state index is 12.9. The zero-order chi connectivity index (χ0) is 22.0. The van der Waals surface area contributed by atoms with E-state index in [4.69, 9.17) is 4.74 Å². The lowest BCUT2D eigenvalue weighted by molar-refractivity contribution is -0.139. The molecule has 2 aromatic carbocycles. The van der Waals surface area contributed by atoms with Gasteiger partial charge in [-0.1, -0.05) is 41.1 Å². The maximum Gasteiger partial charge on any atom is 0.308 e. The summed E-state index contributed by atoms with van der Waals surface area (Å²) in [5.74, 6) is -1.64. The third-order valence-corrected chi connectivity index (χ3v) is 5.78. The molecule has 7 heteroatoms.